The van der Waals surface area contributed by atoms with Gasteiger partial charge in [-0.2, -0.15) is 0 Å². The predicted molar refractivity (Wildman–Crippen MR) is 615 cm³/mol. The fourth-order valence-electron chi connectivity index (χ4n) is 22.7. The molecule has 0 amide bonds. The Balaban J connectivity index is 0.951. The maximum Gasteiger partial charge on any atom is 0.252 e. The fourth-order valence-corrected chi connectivity index (χ4v) is 22.7. The summed E-state index contributed by atoms with van der Waals surface area (Å²) in [7, 11) is 0. The van der Waals surface area contributed by atoms with Crippen LogP contribution in [0.1, 0.15) is 190 Å². The maximum atomic E-state index is 11.0. The molecule has 0 N–H and O–H groups in total. The molecule has 0 bridgehead atoms. The Hall–Kier alpha value is -14.0. The molecule has 2 aromatic heterocycles. The molecule has 0 atom stereocenters. The van der Waals surface area contributed by atoms with Crippen LogP contribution < -0.4 is 26.2 Å². The maximum absolute atomic E-state index is 11.0. The van der Waals surface area contributed by atoms with E-state index in [0.29, 0.717) is 17.5 Å². The smallest absolute Gasteiger partial charge is 0.252 e. The molecule has 17 aromatic carbocycles. The Morgan fingerprint density at radius 2 is 0.472 bits per heavy atom. The minimum atomic E-state index is -1.89. The normalized spacial score (nSPS) is 13.7. The first-order valence-corrected chi connectivity index (χ1v) is 51.4. The highest BCUT2D eigenvalue weighted by Crippen LogP contribution is 2.55. The van der Waals surface area contributed by atoms with Crippen molar-refractivity contribution >= 4 is 101 Å². The van der Waals surface area contributed by atoms with Crippen molar-refractivity contribution in [2.75, 3.05) is 9.80 Å². The zero-order chi connectivity index (χ0) is 103. The largest absolute Gasteiger partial charge is 0.311 e. The lowest BCUT2D eigenvalue weighted by molar-refractivity contribution is 0.410. The first-order chi connectivity index (χ1) is 69.2. The highest BCUT2D eigenvalue weighted by atomic mass is 15.2. The van der Waals surface area contributed by atoms with Crippen LogP contribution in [-0.4, -0.2) is 15.8 Å². The number of hydrogen-bond donors (Lipinski definition) is 0. The van der Waals surface area contributed by atoms with Gasteiger partial charge in [-0.15, -0.1) is 0 Å². The van der Waals surface area contributed by atoms with Gasteiger partial charge in [0.1, 0.15) is 0 Å². The van der Waals surface area contributed by atoms with Crippen LogP contribution in [0.5, 0.6) is 0 Å². The summed E-state index contributed by atoms with van der Waals surface area (Å²) in [4.78, 5) is 5.32. The van der Waals surface area contributed by atoms with E-state index in [0.717, 1.165) is 226 Å². The van der Waals surface area contributed by atoms with Crippen LogP contribution in [0.25, 0.3) is 144 Å². The van der Waals surface area contributed by atoms with Crippen LogP contribution in [0.4, 0.5) is 34.1 Å². The van der Waals surface area contributed by atoms with E-state index in [1.54, 1.807) is 0 Å². The van der Waals surface area contributed by atoms with E-state index in [1.807, 2.05) is 0 Å². The van der Waals surface area contributed by atoms with Crippen LogP contribution in [-0.2, 0) is 44.8 Å². The molecule has 2 aliphatic heterocycles. The molecule has 0 aliphatic carbocycles. The van der Waals surface area contributed by atoms with Crippen molar-refractivity contribution < 1.29 is 5.48 Å². The van der Waals surface area contributed by atoms with Crippen molar-refractivity contribution in [1.29, 1.82) is 0 Å². The van der Waals surface area contributed by atoms with Gasteiger partial charge in [0, 0.05) is 72.3 Å². The molecule has 708 valence electrons. The Morgan fingerprint density at radius 1 is 0.204 bits per heavy atom. The van der Waals surface area contributed by atoms with E-state index >= 15 is 0 Å². The molecule has 0 fully saturated rings. The van der Waals surface area contributed by atoms with Crippen molar-refractivity contribution in [2.45, 2.75) is 190 Å². The molecule has 0 radical (unpaired) electrons. The Kier molecular flexibility index (Phi) is 22.8. The van der Waals surface area contributed by atoms with Crippen molar-refractivity contribution in [2.24, 2.45) is 37.9 Å². The number of nitrogens with zero attached hydrogens (tertiary/aromatic N) is 4. The molecule has 21 rings (SSSR count). The van der Waals surface area contributed by atoms with Gasteiger partial charge in [0.25, 0.3) is 6.71 Å². The third kappa shape index (κ3) is 19.3. The number of anilines is 6. The van der Waals surface area contributed by atoms with Crippen LogP contribution in [0, 0.1) is 37.9 Å². The van der Waals surface area contributed by atoms with Crippen molar-refractivity contribution in [3.63, 3.8) is 0 Å². The van der Waals surface area contributed by atoms with Crippen LogP contribution in [0.15, 0.2) is 364 Å². The van der Waals surface area contributed by atoms with Crippen LogP contribution in [0.2, 0.25) is 0 Å². The van der Waals surface area contributed by atoms with Crippen LogP contribution >= 0.6 is 0 Å². The minimum absolute atomic E-state index is 0.0557. The van der Waals surface area contributed by atoms with Gasteiger partial charge in [0.05, 0.1) is 33.4 Å². The van der Waals surface area contributed by atoms with E-state index in [1.165, 1.54) is 22.3 Å². The molecular weight excluding hydrogens is 1710 g/mol. The summed E-state index contributed by atoms with van der Waals surface area (Å²) >= 11 is 0. The molecule has 0 saturated heterocycles. The molecule has 0 saturated carbocycles. The van der Waals surface area contributed by atoms with Gasteiger partial charge < -0.3 is 18.9 Å². The highest BCUT2D eigenvalue weighted by Gasteiger charge is 2.46. The fraction of sp³-hybridized carbons (Fsp3) is 0.255. The topological polar surface area (TPSA) is 16.3 Å². The first-order valence-electron chi connectivity index (χ1n) is 53.4. The lowest BCUT2D eigenvalue weighted by atomic mass is 9.33. The Morgan fingerprint density at radius 3 is 0.746 bits per heavy atom. The molecule has 142 heavy (non-hydrogen) atoms. The monoisotopic (exact) mass is 1850 g/mol. The number of hydrogen-bond acceptors (Lipinski definition) is 2. The van der Waals surface area contributed by atoms with E-state index in [-0.39, 0.29) is 27.1 Å². The summed E-state index contributed by atoms with van der Waals surface area (Å²) in [6, 6.07) is 137. The molecule has 5 heteroatoms. The van der Waals surface area contributed by atoms with Gasteiger partial charge in [-0.1, -0.05) is 400 Å². The standard InChI is InChI=1S/C137H137BN4/c1-131(2,3)82-89-38-34-50-102(66-89)110-80-124(112(76-106(110)87-136(16,17)18)104-52-36-40-91(68-104)84-133(7,8)9)141-126-78-108(139-120-62-54-98(94-42-26-22-27-43-94)72-114(120)115-73-99(55-63-121(115)139)95-44-28-23-29-45-95)58-60-118(126)138-119-61-59-109(140-122-64-56-100(96-46-30-24-31-47-96)74-116(122)117-75-101(57-65-123(117)140)97-48-32-25-33-49-97)79-127(119)142(129-71-93(86-135(13,14)15)70-128(141)130(129)138)125-81-111(103-51-35-39-90(67-103)83-132(4,5)6)107(88-137(19,20)21)77-113(125)105-53-37-41-92(69-105)85-134(10,11)12/h22-81H,82-88H2,1-21H3/i87D2,88D2. The third-order valence-electron chi connectivity index (χ3n) is 28.0. The second-order valence-electron chi connectivity index (χ2n) is 48.8. The third-order valence-corrected chi connectivity index (χ3v) is 28.0. The quantitative estimate of drug-likeness (QED) is 0.0750. The summed E-state index contributed by atoms with van der Waals surface area (Å²) < 4.78 is 49.0. The second kappa shape index (κ2) is 36.2. The molecule has 0 spiro atoms. The zero-order valence-electron chi connectivity index (χ0n) is 91.0. The van der Waals surface area contributed by atoms with E-state index in [4.69, 9.17) is 0 Å². The summed E-state index contributed by atoms with van der Waals surface area (Å²) in [6.45, 7) is 46.9. The van der Waals surface area contributed by atoms with Crippen molar-refractivity contribution in [1.82, 2.24) is 9.13 Å². The van der Waals surface area contributed by atoms with Gasteiger partial charge in [-0.25, -0.2) is 0 Å². The predicted octanol–water partition coefficient (Wildman–Crippen LogP) is 36.4. The second-order valence-corrected chi connectivity index (χ2v) is 48.8. The van der Waals surface area contributed by atoms with Crippen LogP contribution in [0.3, 0.4) is 0 Å². The lowest BCUT2D eigenvalue weighted by Crippen LogP contribution is -2.61. The molecule has 4 nitrogen and oxygen atoms in total. The zero-order valence-corrected chi connectivity index (χ0v) is 87.0. The van der Waals surface area contributed by atoms with Gasteiger partial charge in [0.15, 0.2) is 0 Å². The van der Waals surface area contributed by atoms with E-state index in [2.05, 4.69) is 528 Å². The number of benzene rings is 17. The van der Waals surface area contributed by atoms with E-state index < -0.39 is 30.3 Å². The molecule has 19 aromatic rings. The molecule has 4 heterocycles. The van der Waals surface area contributed by atoms with Gasteiger partial charge in [-0.05, 0) is 325 Å². The summed E-state index contributed by atoms with van der Waals surface area (Å²) in [5.74, 6) is 0. The summed E-state index contributed by atoms with van der Waals surface area (Å²) in [5.41, 5.74) is 36.9. The SMILES string of the molecule is [2H]C([2H])(c1cc(-c2cccc(CC(C)(C)C)c2)c(N2c3cc(-n4c5ccc(-c6ccccc6)cc5c5cc(-c6ccccc6)ccc54)ccc3B3c4ccc(-n5c6ccc(-c7ccccc7)cc6c6cc(-c7ccccc7)ccc65)cc4N(c4cc(-c5cccc(CC(C)(C)C)c5)c(C([2H])([2H])C(C)(C)C)cc4-c4cccc(CC(C)(C)C)c4)c4cc(CC(C)(C)C)cc2c43)cc1-c1cccc(CC(C)(C)C)c1)C(C)(C)C. The summed E-state index contributed by atoms with van der Waals surface area (Å²) in [6.07, 6.45) is 0.169. The molecule has 0 unspecified atom stereocenters. The number of fused-ring (bicyclic) bond motifs is 10. The lowest BCUT2D eigenvalue weighted by Gasteiger charge is -2.46. The minimum Gasteiger partial charge on any atom is -0.311 e. The molecular formula is C137H137BN4. The first kappa shape index (κ1) is 89.4. The number of rotatable bonds is 19. The van der Waals surface area contributed by atoms with Crippen molar-refractivity contribution in [3.05, 3.63) is 403 Å². The average Bonchev–Trinajstić information content (AvgIpc) is 0.774. The average molecular weight is 1850 g/mol. The van der Waals surface area contributed by atoms with Gasteiger partial charge in [0.2, 0.25) is 0 Å². The highest BCUT2D eigenvalue weighted by molar-refractivity contribution is 7.00. The van der Waals surface area contributed by atoms with E-state index in [9.17, 15) is 5.48 Å². The summed E-state index contributed by atoms with van der Waals surface area (Å²) in [5, 5.41) is 4.58. The van der Waals surface area contributed by atoms with Gasteiger partial charge in [-0.3, -0.25) is 0 Å². The van der Waals surface area contributed by atoms with Gasteiger partial charge >= 0.3 is 0 Å². The Labute approximate surface area is 851 Å². The van der Waals surface area contributed by atoms with Crippen molar-refractivity contribution in [3.8, 4) is 100 Å². The Bertz CT molecular complexity index is 7630. The molecule has 2 aliphatic rings. The number of aromatic nitrogens is 2.